The predicted molar refractivity (Wildman–Crippen MR) is 127 cm³/mol. The van der Waals surface area contributed by atoms with Gasteiger partial charge in [-0.25, -0.2) is 8.42 Å². The minimum Gasteiger partial charge on any atom is -0.344 e. The summed E-state index contributed by atoms with van der Waals surface area (Å²) in [5, 5.41) is 2.56. The average molecular weight is 519 g/mol. The Kier molecular flexibility index (Phi) is 6.72. The van der Waals surface area contributed by atoms with Gasteiger partial charge in [-0.05, 0) is 85.0 Å². The van der Waals surface area contributed by atoms with Crippen molar-refractivity contribution in [3.63, 3.8) is 0 Å². The van der Waals surface area contributed by atoms with Crippen molar-refractivity contribution in [2.24, 2.45) is 0 Å². The number of halogens is 1. The van der Waals surface area contributed by atoms with Crippen LogP contribution < -0.4 is 5.32 Å². The zero-order chi connectivity index (χ0) is 22.9. The fraction of sp³-hybridized carbons (Fsp3) is 0.417. The van der Waals surface area contributed by atoms with E-state index in [1.807, 2.05) is 6.07 Å². The molecule has 2 amide bonds. The van der Waals surface area contributed by atoms with E-state index in [9.17, 15) is 18.0 Å². The van der Waals surface area contributed by atoms with Crippen molar-refractivity contribution in [2.75, 3.05) is 12.4 Å². The van der Waals surface area contributed by atoms with Crippen molar-refractivity contribution >= 4 is 43.8 Å². The number of carbonyl (C=O) groups is 2. The molecule has 32 heavy (non-hydrogen) atoms. The molecule has 0 bridgehead atoms. The molecule has 2 aliphatic rings. The number of benzene rings is 2. The summed E-state index contributed by atoms with van der Waals surface area (Å²) in [5.74, 6) is 0.485. The molecule has 2 fully saturated rings. The highest BCUT2D eigenvalue weighted by molar-refractivity contribution is 9.10. The van der Waals surface area contributed by atoms with Crippen LogP contribution in [0.25, 0.3) is 0 Å². The minimum absolute atomic E-state index is 0.126. The molecule has 0 aliphatic heterocycles. The van der Waals surface area contributed by atoms with Gasteiger partial charge in [0, 0.05) is 30.2 Å². The molecule has 4 rings (SSSR count). The minimum atomic E-state index is -3.41. The quantitative estimate of drug-likeness (QED) is 0.471. The number of amides is 2. The van der Waals surface area contributed by atoms with Crippen molar-refractivity contribution < 1.29 is 18.0 Å². The topological polar surface area (TPSA) is 83.6 Å². The number of sulfone groups is 1. The van der Waals surface area contributed by atoms with E-state index in [2.05, 4.69) is 33.4 Å². The van der Waals surface area contributed by atoms with Crippen LogP contribution in [0.1, 0.15) is 54.7 Å². The Morgan fingerprint density at radius 3 is 2.53 bits per heavy atom. The lowest BCUT2D eigenvalue weighted by atomic mass is 9.99. The first-order chi connectivity index (χ1) is 15.3. The molecule has 6 nitrogen and oxygen atoms in total. The number of nitrogens with one attached hydrogen (secondary N) is 1. The van der Waals surface area contributed by atoms with Crippen LogP contribution in [-0.4, -0.2) is 37.9 Å². The first-order valence-electron chi connectivity index (χ1n) is 10.9. The SMILES string of the molecule is CN(C=O)Cc1cc(NC(=O)CCc2cc(Br)ccc2C2CC2)ccc1S(=O)(=O)C1CC1. The first kappa shape index (κ1) is 23.0. The molecule has 0 unspecified atom stereocenters. The number of anilines is 1. The van der Waals surface area contributed by atoms with Gasteiger partial charge in [0.05, 0.1) is 10.1 Å². The number of hydrogen-bond donors (Lipinski definition) is 1. The van der Waals surface area contributed by atoms with Gasteiger partial charge in [-0.2, -0.15) is 0 Å². The Bertz CT molecular complexity index is 1140. The lowest BCUT2D eigenvalue weighted by Crippen LogP contribution is -2.19. The van der Waals surface area contributed by atoms with Crippen molar-refractivity contribution in [2.45, 2.75) is 61.1 Å². The van der Waals surface area contributed by atoms with E-state index < -0.39 is 9.84 Å². The smallest absolute Gasteiger partial charge is 0.224 e. The molecule has 0 saturated heterocycles. The van der Waals surface area contributed by atoms with Crippen LogP contribution in [0, 0.1) is 0 Å². The Hall–Kier alpha value is -2.19. The van der Waals surface area contributed by atoms with Crippen molar-refractivity contribution in [3.8, 4) is 0 Å². The summed E-state index contributed by atoms with van der Waals surface area (Å²) in [5.41, 5.74) is 3.58. The second-order valence-electron chi connectivity index (χ2n) is 8.75. The lowest BCUT2D eigenvalue weighted by Gasteiger charge is -2.17. The molecule has 0 spiro atoms. The third-order valence-corrected chi connectivity index (χ3v) is 8.81. The van der Waals surface area contributed by atoms with Gasteiger partial charge in [0.2, 0.25) is 12.3 Å². The largest absolute Gasteiger partial charge is 0.344 e. The molecule has 2 aromatic rings. The van der Waals surface area contributed by atoms with E-state index >= 15 is 0 Å². The third kappa shape index (κ3) is 5.41. The highest BCUT2D eigenvalue weighted by Gasteiger charge is 2.38. The molecule has 2 saturated carbocycles. The zero-order valence-electron chi connectivity index (χ0n) is 18.0. The second-order valence-corrected chi connectivity index (χ2v) is 11.9. The molecule has 2 aromatic carbocycles. The Labute approximate surface area is 197 Å². The van der Waals surface area contributed by atoms with E-state index in [1.165, 1.54) is 28.9 Å². The summed E-state index contributed by atoms with van der Waals surface area (Å²) < 4.78 is 26.6. The Morgan fingerprint density at radius 2 is 1.88 bits per heavy atom. The van der Waals surface area contributed by atoms with Gasteiger partial charge in [-0.1, -0.05) is 22.0 Å². The molecule has 0 atom stereocenters. The number of carbonyl (C=O) groups excluding carboxylic acids is 2. The van der Waals surface area contributed by atoms with Crippen LogP contribution >= 0.6 is 15.9 Å². The van der Waals surface area contributed by atoms with Crippen LogP contribution in [0.3, 0.4) is 0 Å². The van der Waals surface area contributed by atoms with E-state index in [1.54, 1.807) is 25.2 Å². The van der Waals surface area contributed by atoms with Crippen LogP contribution in [0.15, 0.2) is 45.8 Å². The number of hydrogen-bond acceptors (Lipinski definition) is 4. The van der Waals surface area contributed by atoms with Gasteiger partial charge >= 0.3 is 0 Å². The van der Waals surface area contributed by atoms with Crippen LogP contribution in [0.5, 0.6) is 0 Å². The van der Waals surface area contributed by atoms with Crippen molar-refractivity contribution in [1.29, 1.82) is 0 Å². The molecule has 0 aromatic heterocycles. The Morgan fingerprint density at radius 1 is 1.12 bits per heavy atom. The zero-order valence-corrected chi connectivity index (χ0v) is 20.4. The van der Waals surface area contributed by atoms with Gasteiger partial charge in [0.15, 0.2) is 9.84 Å². The standard InChI is InChI=1S/C24H27BrN2O4S/c1-27(15-28)14-18-13-20(6-10-23(18)32(30,31)21-7-8-21)26-24(29)11-4-17-12-19(25)5-9-22(17)16-2-3-16/h5-6,9-10,12-13,15-16,21H,2-4,7-8,11,14H2,1H3,(H,26,29). The van der Waals surface area contributed by atoms with Crippen LogP contribution in [0.2, 0.25) is 0 Å². The summed E-state index contributed by atoms with van der Waals surface area (Å²) >= 11 is 3.52. The van der Waals surface area contributed by atoms with E-state index in [0.29, 0.717) is 49.3 Å². The monoisotopic (exact) mass is 518 g/mol. The molecule has 1 N–H and O–H groups in total. The van der Waals surface area contributed by atoms with Crippen LogP contribution in [-0.2, 0) is 32.4 Å². The van der Waals surface area contributed by atoms with E-state index in [4.69, 9.17) is 0 Å². The highest BCUT2D eigenvalue weighted by atomic mass is 79.9. The summed E-state index contributed by atoms with van der Waals surface area (Å²) in [6.45, 7) is 0.164. The first-order valence-corrected chi connectivity index (χ1v) is 13.2. The highest BCUT2D eigenvalue weighted by Crippen LogP contribution is 2.42. The maximum absolute atomic E-state index is 12.8. The summed E-state index contributed by atoms with van der Waals surface area (Å²) in [7, 11) is -1.81. The van der Waals surface area contributed by atoms with Gasteiger partial charge in [0.1, 0.15) is 0 Å². The fourth-order valence-corrected chi connectivity index (χ4v) is 6.25. The summed E-state index contributed by atoms with van der Waals surface area (Å²) in [6.07, 6.45) is 5.39. The van der Waals surface area contributed by atoms with Crippen molar-refractivity contribution in [1.82, 2.24) is 4.90 Å². The average Bonchev–Trinajstić information content (AvgIpc) is 3.63. The molecule has 8 heteroatoms. The van der Waals surface area contributed by atoms with Gasteiger partial charge in [0.25, 0.3) is 0 Å². The lowest BCUT2D eigenvalue weighted by molar-refractivity contribution is -0.117. The van der Waals surface area contributed by atoms with E-state index in [0.717, 1.165) is 4.47 Å². The number of rotatable bonds is 10. The molecule has 170 valence electrons. The maximum Gasteiger partial charge on any atom is 0.224 e. The number of nitrogens with zero attached hydrogens (tertiary/aromatic N) is 1. The van der Waals surface area contributed by atoms with Crippen molar-refractivity contribution in [3.05, 3.63) is 57.6 Å². The van der Waals surface area contributed by atoms with Crippen LogP contribution in [0.4, 0.5) is 5.69 Å². The summed E-state index contributed by atoms with van der Waals surface area (Å²) in [6, 6.07) is 11.1. The second kappa shape index (κ2) is 9.35. The molecule has 0 radical (unpaired) electrons. The molecular formula is C24H27BrN2O4S. The van der Waals surface area contributed by atoms with Gasteiger partial charge in [-0.3, -0.25) is 9.59 Å². The van der Waals surface area contributed by atoms with Gasteiger partial charge in [-0.15, -0.1) is 0 Å². The maximum atomic E-state index is 12.8. The van der Waals surface area contributed by atoms with Gasteiger partial charge < -0.3 is 10.2 Å². The van der Waals surface area contributed by atoms with E-state index in [-0.39, 0.29) is 22.6 Å². The fourth-order valence-electron chi connectivity index (χ4n) is 3.98. The molecular weight excluding hydrogens is 492 g/mol. The number of aryl methyl sites for hydroxylation is 1. The predicted octanol–water partition coefficient (Wildman–Crippen LogP) is 4.42. The molecule has 2 aliphatic carbocycles. The summed E-state index contributed by atoms with van der Waals surface area (Å²) in [4.78, 5) is 25.4. The molecule has 0 heterocycles. The third-order valence-electron chi connectivity index (χ3n) is 5.96. The normalized spacial score (nSPS) is 15.9. The Balaban J connectivity index is 1.48.